The van der Waals surface area contributed by atoms with Gasteiger partial charge in [-0.2, -0.15) is 0 Å². The molecule has 0 saturated carbocycles. The summed E-state index contributed by atoms with van der Waals surface area (Å²) in [4.78, 5) is 13.2. The molecule has 3 heteroatoms. The molecule has 3 nitrogen and oxygen atoms in total. The van der Waals surface area contributed by atoms with Crippen LogP contribution >= 0.6 is 0 Å². The van der Waals surface area contributed by atoms with Crippen molar-refractivity contribution in [2.45, 2.75) is 59.0 Å². The second-order valence-corrected chi connectivity index (χ2v) is 11.5. The van der Waals surface area contributed by atoms with E-state index in [-0.39, 0.29) is 17.4 Å². The molecule has 4 aromatic carbocycles. The quantitative estimate of drug-likeness (QED) is 0.231. The van der Waals surface area contributed by atoms with Crippen molar-refractivity contribution in [3.63, 3.8) is 0 Å². The Kier molecular flexibility index (Phi) is 7.43. The van der Waals surface area contributed by atoms with Crippen molar-refractivity contribution in [3.8, 4) is 11.1 Å². The molecule has 1 amide bonds. The molecule has 1 unspecified atom stereocenters. The smallest absolute Gasteiger partial charge is 0.251 e. The number of carbonyl (C=O) groups is 1. The first-order valence-electron chi connectivity index (χ1n) is 13.9. The highest BCUT2D eigenvalue weighted by Crippen LogP contribution is 2.33. The molecule has 1 heterocycles. The lowest BCUT2D eigenvalue weighted by molar-refractivity contribution is 0.0935. The molecule has 1 N–H and O–H groups in total. The monoisotopic (exact) mass is 514 g/mol. The summed E-state index contributed by atoms with van der Waals surface area (Å²) in [7, 11) is 0. The van der Waals surface area contributed by atoms with Gasteiger partial charge in [0.25, 0.3) is 5.91 Å². The van der Waals surface area contributed by atoms with Gasteiger partial charge < -0.3 is 9.88 Å². The Morgan fingerprint density at radius 1 is 0.872 bits per heavy atom. The second-order valence-electron chi connectivity index (χ2n) is 11.5. The standard InChI is InChI=1S/C36H38N2O/c1-6-33(28-12-8-7-9-13-28)37-35(39)29-20-21-34-31(22-29)25(2)23-38(34)24-26-16-18-27(19-17-26)30-14-10-11-15-32(30)36(3,4)5/h7-23,33H,6,24H2,1-5H3,(H,37,39). The van der Waals surface area contributed by atoms with E-state index in [4.69, 9.17) is 0 Å². The van der Waals surface area contributed by atoms with Crippen LogP contribution in [0, 0.1) is 6.92 Å². The predicted octanol–water partition coefficient (Wildman–Crippen LogP) is 8.84. The number of rotatable bonds is 7. The van der Waals surface area contributed by atoms with Crippen LogP contribution < -0.4 is 5.32 Å². The first-order chi connectivity index (χ1) is 18.7. The number of carbonyl (C=O) groups excluding carboxylic acids is 1. The lowest BCUT2D eigenvalue weighted by Gasteiger charge is -2.23. The van der Waals surface area contributed by atoms with Gasteiger partial charge in [-0.3, -0.25) is 4.79 Å². The van der Waals surface area contributed by atoms with E-state index < -0.39 is 0 Å². The number of aryl methyl sites for hydroxylation is 1. The van der Waals surface area contributed by atoms with Gasteiger partial charge in [0.2, 0.25) is 0 Å². The summed E-state index contributed by atoms with van der Waals surface area (Å²) in [6, 6.07) is 33.8. The van der Waals surface area contributed by atoms with Crippen molar-refractivity contribution in [1.29, 1.82) is 0 Å². The summed E-state index contributed by atoms with van der Waals surface area (Å²) in [5, 5.41) is 4.33. The van der Waals surface area contributed by atoms with E-state index in [2.05, 4.69) is 117 Å². The van der Waals surface area contributed by atoms with Crippen molar-refractivity contribution in [2.24, 2.45) is 0 Å². The number of aromatic nitrogens is 1. The Morgan fingerprint density at radius 2 is 1.56 bits per heavy atom. The normalized spacial score (nSPS) is 12.4. The van der Waals surface area contributed by atoms with Gasteiger partial charge >= 0.3 is 0 Å². The molecule has 0 aliphatic rings. The van der Waals surface area contributed by atoms with Crippen molar-refractivity contribution >= 4 is 16.8 Å². The third-order valence-corrected chi connectivity index (χ3v) is 7.61. The van der Waals surface area contributed by atoms with Gasteiger partial charge in [-0.1, -0.05) is 107 Å². The highest BCUT2D eigenvalue weighted by molar-refractivity contribution is 5.99. The maximum Gasteiger partial charge on any atom is 0.251 e. The number of nitrogens with zero attached hydrogens (tertiary/aromatic N) is 1. The summed E-state index contributed by atoms with van der Waals surface area (Å²) < 4.78 is 2.28. The number of fused-ring (bicyclic) bond motifs is 1. The summed E-state index contributed by atoms with van der Waals surface area (Å²) in [6.07, 6.45) is 3.03. The van der Waals surface area contributed by atoms with E-state index in [1.54, 1.807) is 0 Å². The Labute approximate surface area is 232 Å². The largest absolute Gasteiger partial charge is 0.345 e. The minimum Gasteiger partial charge on any atom is -0.345 e. The van der Waals surface area contributed by atoms with Crippen molar-refractivity contribution in [2.75, 3.05) is 0 Å². The van der Waals surface area contributed by atoms with E-state index in [1.807, 2.05) is 30.3 Å². The van der Waals surface area contributed by atoms with Crippen molar-refractivity contribution in [3.05, 3.63) is 131 Å². The fourth-order valence-corrected chi connectivity index (χ4v) is 5.47. The molecule has 0 fully saturated rings. The summed E-state index contributed by atoms with van der Waals surface area (Å²) >= 11 is 0. The van der Waals surface area contributed by atoms with Crippen LogP contribution in [0.4, 0.5) is 0 Å². The van der Waals surface area contributed by atoms with Gasteiger partial charge in [-0.25, -0.2) is 0 Å². The molecule has 0 spiro atoms. The zero-order valence-electron chi connectivity index (χ0n) is 23.7. The molecule has 5 rings (SSSR count). The third-order valence-electron chi connectivity index (χ3n) is 7.61. The lowest BCUT2D eigenvalue weighted by Crippen LogP contribution is -2.28. The average Bonchev–Trinajstić information content (AvgIpc) is 3.26. The van der Waals surface area contributed by atoms with Crippen LogP contribution in [-0.2, 0) is 12.0 Å². The molecule has 0 radical (unpaired) electrons. The SMILES string of the molecule is CCC(NC(=O)c1ccc2c(c1)c(C)cn2Cc1ccc(-c2ccccc2C(C)(C)C)cc1)c1ccccc1. The van der Waals surface area contributed by atoms with Crippen molar-refractivity contribution < 1.29 is 4.79 Å². The molecule has 0 aliphatic carbocycles. The highest BCUT2D eigenvalue weighted by Gasteiger charge is 2.19. The zero-order valence-corrected chi connectivity index (χ0v) is 23.7. The summed E-state index contributed by atoms with van der Waals surface area (Å²) in [5.41, 5.74) is 9.37. The minimum absolute atomic E-state index is 0.00146. The average molecular weight is 515 g/mol. The van der Waals surface area contributed by atoms with Crippen LogP contribution in [0.5, 0.6) is 0 Å². The molecule has 39 heavy (non-hydrogen) atoms. The van der Waals surface area contributed by atoms with Crippen LogP contribution in [0.3, 0.4) is 0 Å². The van der Waals surface area contributed by atoms with Gasteiger partial charge in [0.1, 0.15) is 0 Å². The van der Waals surface area contributed by atoms with E-state index in [1.165, 1.54) is 27.8 Å². The maximum absolute atomic E-state index is 13.2. The first-order valence-corrected chi connectivity index (χ1v) is 13.9. The first kappa shape index (κ1) is 26.5. The molecule has 1 aromatic heterocycles. The Hall–Kier alpha value is -4.11. The maximum atomic E-state index is 13.2. The number of hydrogen-bond donors (Lipinski definition) is 1. The summed E-state index contributed by atoms with van der Waals surface area (Å²) in [5.74, 6) is -0.0362. The summed E-state index contributed by atoms with van der Waals surface area (Å²) in [6.45, 7) is 11.8. The number of nitrogens with one attached hydrogen (secondary N) is 1. The van der Waals surface area contributed by atoms with E-state index >= 15 is 0 Å². The molecule has 1 atom stereocenters. The molecule has 0 bridgehead atoms. The fourth-order valence-electron chi connectivity index (χ4n) is 5.47. The molecule has 5 aromatic rings. The van der Waals surface area contributed by atoms with E-state index in [0.29, 0.717) is 5.56 Å². The number of hydrogen-bond acceptors (Lipinski definition) is 1. The molecule has 0 aliphatic heterocycles. The van der Waals surface area contributed by atoms with E-state index in [9.17, 15) is 4.79 Å². The Bertz CT molecular complexity index is 1590. The number of amides is 1. The van der Waals surface area contributed by atoms with Gasteiger partial charge in [-0.15, -0.1) is 0 Å². The lowest BCUT2D eigenvalue weighted by atomic mass is 9.82. The van der Waals surface area contributed by atoms with Crippen molar-refractivity contribution in [1.82, 2.24) is 9.88 Å². The topological polar surface area (TPSA) is 34.0 Å². The number of benzene rings is 4. The van der Waals surface area contributed by atoms with Gasteiger partial charge in [-0.05, 0) is 70.3 Å². The van der Waals surface area contributed by atoms with E-state index in [0.717, 1.165) is 29.4 Å². The van der Waals surface area contributed by atoms with Gasteiger partial charge in [0, 0.05) is 29.2 Å². The Balaban J connectivity index is 1.36. The minimum atomic E-state index is -0.0362. The van der Waals surface area contributed by atoms with Crippen LogP contribution in [0.25, 0.3) is 22.0 Å². The van der Waals surface area contributed by atoms with Gasteiger partial charge in [0.15, 0.2) is 0 Å². The second kappa shape index (κ2) is 10.9. The van der Waals surface area contributed by atoms with Crippen LogP contribution in [0.2, 0.25) is 0 Å². The highest BCUT2D eigenvalue weighted by atomic mass is 16.1. The molecule has 198 valence electrons. The van der Waals surface area contributed by atoms with Crippen LogP contribution in [0.15, 0.2) is 103 Å². The van der Waals surface area contributed by atoms with Crippen LogP contribution in [-0.4, -0.2) is 10.5 Å². The predicted molar refractivity (Wildman–Crippen MR) is 163 cm³/mol. The third kappa shape index (κ3) is 5.68. The fraction of sp³-hybridized carbons (Fsp3) is 0.250. The van der Waals surface area contributed by atoms with Crippen LogP contribution in [0.1, 0.15) is 72.8 Å². The molecular weight excluding hydrogens is 476 g/mol. The molecule has 0 saturated heterocycles. The molecular formula is C36H38N2O. The van der Waals surface area contributed by atoms with Gasteiger partial charge in [0.05, 0.1) is 6.04 Å². The zero-order chi connectivity index (χ0) is 27.6. The Morgan fingerprint density at radius 3 is 2.26 bits per heavy atom.